The number of ether oxygens (including phenoxy) is 2. The predicted octanol–water partition coefficient (Wildman–Crippen LogP) is 0.468. The van der Waals surface area contributed by atoms with Gasteiger partial charge in [0.15, 0.2) is 0 Å². The first-order valence-corrected chi connectivity index (χ1v) is 9.51. The van der Waals surface area contributed by atoms with Gasteiger partial charge in [-0.3, -0.25) is 10.1 Å². The molecule has 0 bridgehead atoms. The van der Waals surface area contributed by atoms with E-state index in [4.69, 9.17) is 9.47 Å². The number of benzene rings is 2. The Morgan fingerprint density at radius 3 is 2.67 bits per heavy atom. The summed E-state index contributed by atoms with van der Waals surface area (Å²) >= 11 is 0. The van der Waals surface area contributed by atoms with Crippen molar-refractivity contribution in [1.29, 1.82) is 0 Å². The van der Waals surface area contributed by atoms with E-state index in [0.717, 1.165) is 16.9 Å². The summed E-state index contributed by atoms with van der Waals surface area (Å²) in [6.45, 7) is 0.0988. The monoisotopic (exact) mass is 418 g/mol. The highest BCUT2D eigenvalue weighted by Gasteiger charge is 2.44. The Balaban J connectivity index is 1.54. The minimum Gasteiger partial charge on any atom is -0.462 e. The van der Waals surface area contributed by atoms with Gasteiger partial charge in [-0.1, -0.05) is 6.07 Å². The number of hydrogen-bond donors (Lipinski definition) is 4. The summed E-state index contributed by atoms with van der Waals surface area (Å²) in [5.41, 5.74) is 2.58. The maximum absolute atomic E-state index is 11.0. The van der Waals surface area contributed by atoms with Crippen LogP contribution < -0.4 is 9.64 Å². The van der Waals surface area contributed by atoms with Gasteiger partial charge in [0.2, 0.25) is 6.29 Å². The Morgan fingerprint density at radius 2 is 1.93 bits per heavy atom. The molecule has 2 aromatic carbocycles. The van der Waals surface area contributed by atoms with Crippen molar-refractivity contribution < 1.29 is 34.8 Å². The molecule has 0 spiro atoms. The summed E-state index contributed by atoms with van der Waals surface area (Å²) in [5.74, 6) is 0.354. The van der Waals surface area contributed by atoms with E-state index in [1.165, 1.54) is 6.07 Å². The summed E-state index contributed by atoms with van der Waals surface area (Å²) in [5, 5.41) is 50.2. The molecule has 0 aliphatic carbocycles. The van der Waals surface area contributed by atoms with E-state index in [1.54, 1.807) is 30.3 Å². The lowest BCUT2D eigenvalue weighted by molar-refractivity contribution is -0.384. The lowest BCUT2D eigenvalue weighted by Crippen LogP contribution is -2.60. The molecule has 1 fully saturated rings. The molecular formula is C20H22N2O8. The van der Waals surface area contributed by atoms with Crippen molar-refractivity contribution in [2.75, 3.05) is 18.1 Å². The molecule has 0 saturated carbocycles. The first-order valence-electron chi connectivity index (χ1n) is 9.51. The number of rotatable bonds is 5. The number of aliphatic hydroxyl groups excluding tert-OH is 4. The van der Waals surface area contributed by atoms with Gasteiger partial charge < -0.3 is 34.8 Å². The molecule has 3 unspecified atom stereocenters. The molecule has 0 radical (unpaired) electrons. The van der Waals surface area contributed by atoms with Gasteiger partial charge in [0.1, 0.15) is 30.2 Å². The Morgan fingerprint density at radius 1 is 1.13 bits per heavy atom. The van der Waals surface area contributed by atoms with E-state index in [0.29, 0.717) is 18.7 Å². The number of hydrogen-bond acceptors (Lipinski definition) is 9. The van der Waals surface area contributed by atoms with Crippen LogP contribution in [0.3, 0.4) is 0 Å². The van der Waals surface area contributed by atoms with E-state index < -0.39 is 42.2 Å². The molecule has 30 heavy (non-hydrogen) atoms. The van der Waals surface area contributed by atoms with Gasteiger partial charge in [0.25, 0.3) is 5.69 Å². The molecule has 2 aliphatic rings. The fourth-order valence-electron chi connectivity index (χ4n) is 3.79. The van der Waals surface area contributed by atoms with E-state index in [1.807, 2.05) is 11.0 Å². The summed E-state index contributed by atoms with van der Waals surface area (Å²) in [7, 11) is 0. The van der Waals surface area contributed by atoms with Crippen LogP contribution in [0.5, 0.6) is 5.75 Å². The van der Waals surface area contributed by atoms with Crippen molar-refractivity contribution in [3.8, 4) is 5.75 Å². The van der Waals surface area contributed by atoms with Gasteiger partial charge in [-0.15, -0.1) is 0 Å². The van der Waals surface area contributed by atoms with Crippen LogP contribution in [-0.4, -0.2) is 69.2 Å². The molecular weight excluding hydrogens is 396 g/mol. The fourth-order valence-corrected chi connectivity index (χ4v) is 3.79. The summed E-state index contributed by atoms with van der Waals surface area (Å²) < 4.78 is 11.1. The molecule has 0 aromatic heterocycles. The second-order valence-electron chi connectivity index (χ2n) is 7.28. The van der Waals surface area contributed by atoms with Crippen molar-refractivity contribution >= 4 is 17.1 Å². The maximum atomic E-state index is 11.0. The summed E-state index contributed by atoms with van der Waals surface area (Å²) in [6.07, 6.45) is -6.15. The fraction of sp³-hybridized carbons (Fsp3) is 0.400. The van der Waals surface area contributed by atoms with Gasteiger partial charge in [-0.25, -0.2) is 0 Å². The summed E-state index contributed by atoms with van der Waals surface area (Å²) in [4.78, 5) is 12.6. The average molecular weight is 418 g/mol. The number of anilines is 2. The third-order valence-electron chi connectivity index (χ3n) is 5.40. The minimum atomic E-state index is -1.52. The molecule has 4 rings (SSSR count). The number of non-ortho nitro benzene ring substituents is 1. The van der Waals surface area contributed by atoms with E-state index >= 15 is 0 Å². The number of aliphatic hydroxyl groups is 4. The van der Waals surface area contributed by atoms with Crippen molar-refractivity contribution in [1.82, 2.24) is 0 Å². The van der Waals surface area contributed by atoms with Crippen molar-refractivity contribution in [3.63, 3.8) is 0 Å². The van der Waals surface area contributed by atoms with Gasteiger partial charge in [0.05, 0.1) is 11.5 Å². The molecule has 4 N–H and O–H groups in total. The SMILES string of the molecule is O=[N+]([O-])c1ccc2c(c1)CCN2c1cccc(O[C@H]2OC(CO)[C@@H](O)C(O)C2O)c1. The molecule has 2 heterocycles. The maximum Gasteiger partial charge on any atom is 0.269 e. The molecule has 10 nitrogen and oxygen atoms in total. The highest BCUT2D eigenvalue weighted by Crippen LogP contribution is 2.38. The minimum absolute atomic E-state index is 0.0512. The van der Waals surface area contributed by atoms with Gasteiger partial charge in [0, 0.05) is 36.1 Å². The van der Waals surface area contributed by atoms with Crippen LogP contribution in [0, 0.1) is 10.1 Å². The number of nitro benzene ring substituents is 1. The zero-order valence-corrected chi connectivity index (χ0v) is 15.9. The number of nitro groups is 1. The topological polar surface area (TPSA) is 146 Å². The lowest BCUT2D eigenvalue weighted by atomic mass is 9.99. The highest BCUT2D eigenvalue weighted by atomic mass is 16.7. The highest BCUT2D eigenvalue weighted by molar-refractivity contribution is 5.72. The summed E-state index contributed by atoms with van der Waals surface area (Å²) in [6, 6.07) is 11.7. The Labute approximate surface area is 171 Å². The standard InChI is InChI=1S/C20H22N2O8/c23-10-16-17(24)18(25)19(26)20(30-16)29-14-3-1-2-12(9-14)21-7-6-11-8-13(22(27)28)4-5-15(11)21/h1-5,8-9,16-20,23-26H,6-7,10H2/t16?,17-,18?,19?,20+/m1/s1. The molecule has 2 aromatic rings. The second-order valence-corrected chi connectivity index (χ2v) is 7.28. The zero-order chi connectivity index (χ0) is 21.4. The average Bonchev–Trinajstić information content (AvgIpc) is 3.17. The Bertz CT molecular complexity index is 937. The first-order chi connectivity index (χ1) is 14.4. The largest absolute Gasteiger partial charge is 0.462 e. The second kappa shape index (κ2) is 8.17. The van der Waals surface area contributed by atoms with Crippen LogP contribution in [0.15, 0.2) is 42.5 Å². The predicted molar refractivity (Wildman–Crippen MR) is 105 cm³/mol. The van der Waals surface area contributed by atoms with E-state index in [9.17, 15) is 30.5 Å². The third kappa shape index (κ3) is 3.71. The van der Waals surface area contributed by atoms with Crippen LogP contribution in [0.1, 0.15) is 5.56 Å². The molecule has 0 amide bonds. The van der Waals surface area contributed by atoms with Gasteiger partial charge in [-0.05, 0) is 30.2 Å². The normalized spacial score (nSPS) is 28.3. The smallest absolute Gasteiger partial charge is 0.269 e. The zero-order valence-electron chi connectivity index (χ0n) is 15.9. The lowest BCUT2D eigenvalue weighted by Gasteiger charge is -2.39. The number of fused-ring (bicyclic) bond motifs is 1. The van der Waals surface area contributed by atoms with Crippen molar-refractivity contribution in [2.45, 2.75) is 37.1 Å². The van der Waals surface area contributed by atoms with Crippen molar-refractivity contribution in [3.05, 3.63) is 58.1 Å². The van der Waals surface area contributed by atoms with E-state index in [-0.39, 0.29) is 5.69 Å². The van der Waals surface area contributed by atoms with Crippen LogP contribution in [-0.2, 0) is 11.2 Å². The Hall–Kier alpha value is -2.76. The quantitative estimate of drug-likeness (QED) is 0.402. The molecule has 1 saturated heterocycles. The molecule has 2 aliphatic heterocycles. The van der Waals surface area contributed by atoms with Crippen LogP contribution in [0.4, 0.5) is 17.1 Å². The third-order valence-corrected chi connectivity index (χ3v) is 5.40. The molecule has 160 valence electrons. The van der Waals surface area contributed by atoms with E-state index in [2.05, 4.69) is 0 Å². The Kier molecular flexibility index (Phi) is 5.58. The van der Waals surface area contributed by atoms with Gasteiger partial charge >= 0.3 is 0 Å². The van der Waals surface area contributed by atoms with Gasteiger partial charge in [-0.2, -0.15) is 0 Å². The van der Waals surface area contributed by atoms with Crippen LogP contribution >= 0.6 is 0 Å². The van der Waals surface area contributed by atoms with Crippen LogP contribution in [0.2, 0.25) is 0 Å². The molecule has 5 atom stereocenters. The molecule has 10 heteroatoms. The first kappa shape index (κ1) is 20.5. The van der Waals surface area contributed by atoms with Crippen LogP contribution in [0.25, 0.3) is 0 Å². The van der Waals surface area contributed by atoms with Crippen molar-refractivity contribution in [2.24, 2.45) is 0 Å². The number of nitrogens with zero attached hydrogens (tertiary/aromatic N) is 2.